The summed E-state index contributed by atoms with van der Waals surface area (Å²) in [6.07, 6.45) is 0.650. The second-order valence-electron chi connectivity index (χ2n) is 8.47. The minimum atomic E-state index is -1.37. The second-order valence-corrected chi connectivity index (χ2v) is 8.90. The predicted molar refractivity (Wildman–Crippen MR) is 141 cm³/mol. The van der Waals surface area contributed by atoms with Crippen molar-refractivity contribution in [2.75, 3.05) is 6.61 Å². The van der Waals surface area contributed by atoms with Gasteiger partial charge in [-0.15, -0.1) is 0 Å². The Morgan fingerprint density at radius 3 is 2.54 bits per heavy atom. The summed E-state index contributed by atoms with van der Waals surface area (Å²) in [6.45, 7) is 1.82. The van der Waals surface area contributed by atoms with E-state index in [0.29, 0.717) is 22.8 Å². The number of amides is 1. The van der Waals surface area contributed by atoms with Crippen LogP contribution in [0.3, 0.4) is 0 Å². The number of aliphatic hydroxyl groups excluding tert-OH is 1. The molecule has 3 N–H and O–H groups in total. The summed E-state index contributed by atoms with van der Waals surface area (Å²) in [7, 11) is 0. The van der Waals surface area contributed by atoms with Gasteiger partial charge in [-0.2, -0.15) is 5.10 Å². The first-order chi connectivity index (χ1) is 17.9. The molecule has 0 saturated heterocycles. The van der Waals surface area contributed by atoms with E-state index in [1.165, 1.54) is 0 Å². The number of esters is 1. The molecule has 2 atom stereocenters. The van der Waals surface area contributed by atoms with E-state index in [1.54, 1.807) is 31.3 Å². The number of rotatable bonds is 10. The summed E-state index contributed by atoms with van der Waals surface area (Å²) in [6, 6.07) is 21.9. The molecule has 0 aliphatic rings. The van der Waals surface area contributed by atoms with Crippen molar-refractivity contribution in [2.45, 2.75) is 31.9 Å². The lowest BCUT2D eigenvalue weighted by Gasteiger charge is -2.21. The van der Waals surface area contributed by atoms with Crippen LogP contribution in [-0.4, -0.2) is 50.9 Å². The van der Waals surface area contributed by atoms with Crippen molar-refractivity contribution < 1.29 is 19.4 Å². The molecule has 0 saturated carbocycles. The molecule has 0 bridgehead atoms. The van der Waals surface area contributed by atoms with Gasteiger partial charge >= 0.3 is 5.97 Å². The SMILES string of the molecule is CCOC(=O)[C@H](O)C[C@@H](Cc1ccc(-c2cccc(Cl)c2)cc1)NC(=O)c1cc(-c2ccccn2)n[nH]1. The molecule has 2 aromatic carbocycles. The lowest BCUT2D eigenvalue weighted by atomic mass is 9.97. The van der Waals surface area contributed by atoms with Gasteiger partial charge in [0.2, 0.25) is 0 Å². The molecule has 0 aliphatic heterocycles. The maximum Gasteiger partial charge on any atom is 0.335 e. The number of aromatic amines is 1. The van der Waals surface area contributed by atoms with Crippen LogP contribution in [0, 0.1) is 0 Å². The fraction of sp³-hybridized carbons (Fsp3) is 0.214. The summed E-state index contributed by atoms with van der Waals surface area (Å²) >= 11 is 6.11. The molecule has 0 radical (unpaired) electrons. The quantitative estimate of drug-likeness (QED) is 0.267. The lowest BCUT2D eigenvalue weighted by molar-refractivity contribution is -0.153. The average Bonchev–Trinajstić information content (AvgIpc) is 3.40. The molecule has 190 valence electrons. The number of carbonyl (C=O) groups is 2. The van der Waals surface area contributed by atoms with E-state index in [0.717, 1.165) is 16.7 Å². The first-order valence-corrected chi connectivity index (χ1v) is 12.3. The topological polar surface area (TPSA) is 117 Å². The highest BCUT2D eigenvalue weighted by Crippen LogP contribution is 2.24. The molecule has 0 aliphatic carbocycles. The number of aliphatic hydroxyl groups is 1. The van der Waals surface area contributed by atoms with Crippen molar-refractivity contribution in [3.8, 4) is 22.5 Å². The summed E-state index contributed by atoms with van der Waals surface area (Å²) < 4.78 is 4.94. The highest BCUT2D eigenvalue weighted by molar-refractivity contribution is 6.30. The van der Waals surface area contributed by atoms with Crippen LogP contribution in [0.5, 0.6) is 0 Å². The van der Waals surface area contributed by atoms with Gasteiger partial charge in [0.05, 0.1) is 12.3 Å². The first kappa shape index (κ1) is 26.1. The van der Waals surface area contributed by atoms with Crippen LogP contribution in [0.15, 0.2) is 79.0 Å². The zero-order valence-electron chi connectivity index (χ0n) is 20.2. The van der Waals surface area contributed by atoms with Crippen LogP contribution in [0.4, 0.5) is 0 Å². The largest absolute Gasteiger partial charge is 0.464 e. The zero-order valence-corrected chi connectivity index (χ0v) is 21.0. The number of hydrogen-bond acceptors (Lipinski definition) is 6. The maximum absolute atomic E-state index is 13.0. The number of carbonyl (C=O) groups excluding carboxylic acids is 2. The third-order valence-corrected chi connectivity index (χ3v) is 5.98. The monoisotopic (exact) mass is 518 g/mol. The molecule has 4 rings (SSSR count). The molecule has 37 heavy (non-hydrogen) atoms. The van der Waals surface area contributed by atoms with Crippen LogP contribution in [-0.2, 0) is 16.0 Å². The zero-order chi connectivity index (χ0) is 26.2. The van der Waals surface area contributed by atoms with E-state index in [4.69, 9.17) is 16.3 Å². The molecule has 8 nitrogen and oxygen atoms in total. The number of halogens is 1. The standard InChI is InChI=1S/C28H27ClN4O4/c1-2-37-28(36)26(34)16-22(14-18-9-11-19(12-10-18)20-6-5-7-21(29)15-20)31-27(35)25-17-24(32-33-25)23-8-3-4-13-30-23/h3-13,15,17,22,26,34H,2,14,16H2,1H3,(H,31,35)(H,32,33)/t22-,26-/m1/s1. The van der Waals surface area contributed by atoms with Gasteiger partial charge in [0.15, 0.2) is 6.10 Å². The number of aromatic nitrogens is 3. The van der Waals surface area contributed by atoms with E-state index < -0.39 is 24.0 Å². The number of ether oxygens (including phenoxy) is 1. The van der Waals surface area contributed by atoms with Crippen molar-refractivity contribution in [1.82, 2.24) is 20.5 Å². The van der Waals surface area contributed by atoms with E-state index in [-0.39, 0.29) is 18.7 Å². The maximum atomic E-state index is 13.0. The summed E-state index contributed by atoms with van der Waals surface area (Å²) in [4.78, 5) is 29.3. The van der Waals surface area contributed by atoms with Crippen molar-refractivity contribution in [3.63, 3.8) is 0 Å². The fourth-order valence-electron chi connectivity index (χ4n) is 3.93. The Hall–Kier alpha value is -4.01. The summed E-state index contributed by atoms with van der Waals surface area (Å²) in [5.74, 6) is -1.14. The third-order valence-electron chi connectivity index (χ3n) is 5.75. The minimum Gasteiger partial charge on any atom is -0.464 e. The average molecular weight is 519 g/mol. The molecular weight excluding hydrogens is 492 g/mol. The predicted octanol–water partition coefficient (Wildman–Crippen LogP) is 4.45. The molecule has 2 heterocycles. The first-order valence-electron chi connectivity index (χ1n) is 11.9. The van der Waals surface area contributed by atoms with E-state index in [9.17, 15) is 14.7 Å². The lowest BCUT2D eigenvalue weighted by Crippen LogP contribution is -2.41. The van der Waals surface area contributed by atoms with Gasteiger partial charge in [0, 0.05) is 23.7 Å². The Morgan fingerprint density at radius 2 is 1.84 bits per heavy atom. The Kier molecular flexibility index (Phi) is 8.66. The van der Waals surface area contributed by atoms with Crippen LogP contribution < -0.4 is 5.32 Å². The highest BCUT2D eigenvalue weighted by Gasteiger charge is 2.24. The van der Waals surface area contributed by atoms with Crippen molar-refractivity contribution in [3.05, 3.63) is 95.3 Å². The van der Waals surface area contributed by atoms with Crippen molar-refractivity contribution in [2.24, 2.45) is 0 Å². The smallest absolute Gasteiger partial charge is 0.335 e. The molecule has 2 aromatic heterocycles. The molecule has 0 spiro atoms. The fourth-order valence-corrected chi connectivity index (χ4v) is 4.12. The summed E-state index contributed by atoms with van der Waals surface area (Å²) in [5.41, 5.74) is 4.32. The van der Waals surface area contributed by atoms with Gasteiger partial charge in [-0.05, 0) is 60.4 Å². The van der Waals surface area contributed by atoms with Gasteiger partial charge in [0.1, 0.15) is 11.4 Å². The highest BCUT2D eigenvalue weighted by atomic mass is 35.5. The Bertz CT molecular complexity index is 1340. The molecule has 9 heteroatoms. The summed E-state index contributed by atoms with van der Waals surface area (Å²) in [5, 5.41) is 20.9. The number of nitrogens with zero attached hydrogens (tertiary/aromatic N) is 2. The number of H-pyrrole nitrogens is 1. The minimum absolute atomic E-state index is 0.0121. The Labute approximate surface area is 219 Å². The Morgan fingerprint density at radius 1 is 1.03 bits per heavy atom. The van der Waals surface area contributed by atoms with Crippen LogP contribution in [0.2, 0.25) is 5.02 Å². The molecule has 4 aromatic rings. The number of benzene rings is 2. The van der Waals surface area contributed by atoms with Crippen molar-refractivity contribution in [1.29, 1.82) is 0 Å². The van der Waals surface area contributed by atoms with Gasteiger partial charge in [0.25, 0.3) is 5.91 Å². The van der Waals surface area contributed by atoms with Crippen molar-refractivity contribution >= 4 is 23.5 Å². The number of hydrogen-bond donors (Lipinski definition) is 3. The molecular formula is C28H27ClN4O4. The van der Waals surface area contributed by atoms with Gasteiger partial charge in [-0.1, -0.05) is 54.1 Å². The molecule has 0 unspecified atom stereocenters. The van der Waals surface area contributed by atoms with Crippen LogP contribution in [0.1, 0.15) is 29.4 Å². The van der Waals surface area contributed by atoms with E-state index in [2.05, 4.69) is 20.5 Å². The van der Waals surface area contributed by atoms with Crippen LogP contribution >= 0.6 is 11.6 Å². The van der Waals surface area contributed by atoms with Gasteiger partial charge in [-0.25, -0.2) is 4.79 Å². The van der Waals surface area contributed by atoms with Gasteiger partial charge in [-0.3, -0.25) is 14.9 Å². The van der Waals surface area contributed by atoms with Crippen LogP contribution in [0.25, 0.3) is 22.5 Å². The normalized spacial score (nSPS) is 12.5. The van der Waals surface area contributed by atoms with E-state index in [1.807, 2.05) is 54.6 Å². The molecule has 1 amide bonds. The van der Waals surface area contributed by atoms with E-state index >= 15 is 0 Å². The molecule has 0 fully saturated rings. The Balaban J connectivity index is 1.49. The number of pyridine rings is 1. The second kappa shape index (κ2) is 12.3. The third kappa shape index (κ3) is 7.03. The van der Waals surface area contributed by atoms with Gasteiger partial charge < -0.3 is 15.2 Å². The number of nitrogens with one attached hydrogen (secondary N) is 2.